The van der Waals surface area contributed by atoms with Crippen LogP contribution in [0.25, 0.3) is 10.9 Å². The van der Waals surface area contributed by atoms with Crippen LogP contribution in [0.2, 0.25) is 0 Å². The maximum absolute atomic E-state index is 12.2. The first-order valence-corrected chi connectivity index (χ1v) is 10.7. The molecular formula is C27H23N3O5. The van der Waals surface area contributed by atoms with E-state index in [0.29, 0.717) is 51.0 Å². The summed E-state index contributed by atoms with van der Waals surface area (Å²) in [4.78, 5) is 17.7. The van der Waals surface area contributed by atoms with Crippen LogP contribution in [0.4, 0.5) is 16.2 Å². The van der Waals surface area contributed by atoms with Crippen LogP contribution in [-0.4, -0.2) is 30.4 Å². The molecule has 0 radical (unpaired) electrons. The van der Waals surface area contributed by atoms with E-state index in [-0.39, 0.29) is 0 Å². The van der Waals surface area contributed by atoms with Gasteiger partial charge in [0.25, 0.3) is 0 Å². The third-order valence-corrected chi connectivity index (χ3v) is 5.59. The van der Waals surface area contributed by atoms with Crippen molar-refractivity contribution in [3.05, 3.63) is 77.5 Å². The van der Waals surface area contributed by atoms with Gasteiger partial charge in [-0.3, -0.25) is 4.98 Å². The Balaban J connectivity index is 1.76. The lowest BCUT2D eigenvalue weighted by atomic mass is 10.1. The largest absolute Gasteiger partial charge is 0.493 e. The van der Waals surface area contributed by atoms with Gasteiger partial charge >= 0.3 is 6.09 Å². The van der Waals surface area contributed by atoms with Crippen molar-refractivity contribution >= 4 is 28.4 Å². The molecule has 0 saturated carbocycles. The van der Waals surface area contributed by atoms with E-state index in [9.17, 15) is 15.2 Å². The van der Waals surface area contributed by atoms with Gasteiger partial charge in [0.05, 0.1) is 42.7 Å². The molecule has 0 aliphatic rings. The summed E-state index contributed by atoms with van der Waals surface area (Å²) in [5.41, 5.74) is 3.34. The number of pyridine rings is 1. The SMILES string of the molecule is COc1cc2nccc(Oc3cc(C)c(N(C(=O)O)c4cccc(C#N)c4)cc3C)c2cc1OC. The number of carbonyl (C=O) groups is 1. The van der Waals surface area contributed by atoms with Gasteiger partial charge in [-0.05, 0) is 67.4 Å². The quantitative estimate of drug-likeness (QED) is 0.351. The minimum absolute atomic E-state index is 0.375. The molecule has 8 heteroatoms. The van der Waals surface area contributed by atoms with E-state index < -0.39 is 6.09 Å². The Morgan fingerprint density at radius 3 is 2.37 bits per heavy atom. The molecular weight excluding hydrogens is 446 g/mol. The highest BCUT2D eigenvalue weighted by Gasteiger charge is 2.21. The van der Waals surface area contributed by atoms with E-state index in [4.69, 9.17) is 14.2 Å². The van der Waals surface area contributed by atoms with Crippen molar-refractivity contribution in [3.63, 3.8) is 0 Å². The summed E-state index contributed by atoms with van der Waals surface area (Å²) in [6, 6.07) is 17.4. The number of benzene rings is 3. The van der Waals surface area contributed by atoms with Crippen LogP contribution in [0.1, 0.15) is 16.7 Å². The smallest absolute Gasteiger partial charge is 0.416 e. The molecule has 0 bridgehead atoms. The number of anilines is 2. The number of aromatic nitrogens is 1. The molecule has 0 atom stereocenters. The van der Waals surface area contributed by atoms with Crippen molar-refractivity contribution in [2.24, 2.45) is 0 Å². The fraction of sp³-hybridized carbons (Fsp3) is 0.148. The molecule has 1 heterocycles. The zero-order chi connectivity index (χ0) is 25.1. The Morgan fingerprint density at radius 1 is 0.943 bits per heavy atom. The number of amides is 1. The summed E-state index contributed by atoms with van der Waals surface area (Å²) in [7, 11) is 3.13. The van der Waals surface area contributed by atoms with Crippen molar-refractivity contribution in [3.8, 4) is 29.1 Å². The lowest BCUT2D eigenvalue weighted by molar-refractivity contribution is 0.204. The average Bonchev–Trinajstić information content (AvgIpc) is 2.86. The second kappa shape index (κ2) is 9.61. The maximum atomic E-state index is 12.2. The first-order chi connectivity index (χ1) is 16.9. The minimum Gasteiger partial charge on any atom is -0.493 e. The lowest BCUT2D eigenvalue weighted by Gasteiger charge is -2.23. The summed E-state index contributed by atoms with van der Waals surface area (Å²) in [6.45, 7) is 3.65. The Hall–Kier alpha value is -4.77. The Bertz CT molecular complexity index is 1480. The molecule has 4 rings (SSSR count). The van der Waals surface area contributed by atoms with Crippen molar-refractivity contribution in [2.45, 2.75) is 13.8 Å². The van der Waals surface area contributed by atoms with E-state index in [1.807, 2.05) is 19.9 Å². The summed E-state index contributed by atoms with van der Waals surface area (Å²) in [5, 5.41) is 19.9. The summed E-state index contributed by atoms with van der Waals surface area (Å²) in [5.74, 6) is 2.26. The molecule has 35 heavy (non-hydrogen) atoms. The van der Waals surface area contributed by atoms with Gasteiger partial charge in [0.15, 0.2) is 11.5 Å². The monoisotopic (exact) mass is 469 g/mol. The number of fused-ring (bicyclic) bond motifs is 1. The van der Waals surface area contributed by atoms with Gasteiger partial charge in [0.1, 0.15) is 11.5 Å². The van der Waals surface area contributed by atoms with E-state index in [1.165, 1.54) is 6.07 Å². The third kappa shape index (κ3) is 4.52. The number of hydrogen-bond donors (Lipinski definition) is 1. The van der Waals surface area contributed by atoms with Crippen molar-refractivity contribution < 1.29 is 24.1 Å². The second-order valence-electron chi connectivity index (χ2n) is 7.82. The molecule has 4 aromatic rings. The normalized spacial score (nSPS) is 10.5. The Morgan fingerprint density at radius 2 is 1.69 bits per heavy atom. The zero-order valence-corrected chi connectivity index (χ0v) is 19.7. The van der Waals surface area contributed by atoms with Crippen LogP contribution in [0.3, 0.4) is 0 Å². The molecule has 1 N–H and O–H groups in total. The molecule has 8 nitrogen and oxygen atoms in total. The van der Waals surface area contributed by atoms with Crippen molar-refractivity contribution in [1.82, 2.24) is 4.98 Å². The standard InChI is InChI=1S/C27H23N3O5/c1-16-11-24(35-23-8-9-29-21-14-26(34-4)25(33-3)13-20(21)23)17(2)10-22(16)30(27(31)32)19-7-5-6-18(12-19)15-28/h5-14H,1-4H3,(H,31,32). The molecule has 1 amide bonds. The van der Waals surface area contributed by atoms with Crippen LogP contribution in [0.15, 0.2) is 60.8 Å². The van der Waals surface area contributed by atoms with E-state index in [1.54, 1.807) is 68.9 Å². The van der Waals surface area contributed by atoms with Crippen molar-refractivity contribution in [2.75, 3.05) is 19.1 Å². The second-order valence-corrected chi connectivity index (χ2v) is 7.82. The first kappa shape index (κ1) is 23.4. The van der Waals surface area contributed by atoms with Crippen LogP contribution >= 0.6 is 0 Å². The van der Waals surface area contributed by atoms with Crippen LogP contribution in [0, 0.1) is 25.2 Å². The topological polar surface area (TPSA) is 105 Å². The summed E-state index contributed by atoms with van der Waals surface area (Å²) >= 11 is 0. The minimum atomic E-state index is -1.16. The lowest BCUT2D eigenvalue weighted by Crippen LogP contribution is -2.24. The maximum Gasteiger partial charge on any atom is 0.416 e. The number of rotatable bonds is 6. The van der Waals surface area contributed by atoms with Crippen LogP contribution < -0.4 is 19.1 Å². The van der Waals surface area contributed by atoms with Gasteiger partial charge in [-0.25, -0.2) is 9.69 Å². The fourth-order valence-corrected chi connectivity index (χ4v) is 3.85. The first-order valence-electron chi connectivity index (χ1n) is 10.7. The Kier molecular flexibility index (Phi) is 6.42. The number of nitriles is 1. The summed E-state index contributed by atoms with van der Waals surface area (Å²) < 4.78 is 17.1. The molecule has 3 aromatic carbocycles. The highest BCUT2D eigenvalue weighted by atomic mass is 16.5. The molecule has 176 valence electrons. The van der Waals surface area contributed by atoms with Gasteiger partial charge in [-0.1, -0.05) is 6.07 Å². The van der Waals surface area contributed by atoms with Gasteiger partial charge in [-0.15, -0.1) is 0 Å². The number of ether oxygens (including phenoxy) is 3. The van der Waals surface area contributed by atoms with E-state index >= 15 is 0 Å². The number of aryl methyl sites for hydroxylation is 2. The molecule has 0 aliphatic carbocycles. The van der Waals surface area contributed by atoms with Gasteiger partial charge in [0, 0.05) is 17.6 Å². The highest BCUT2D eigenvalue weighted by molar-refractivity contribution is 5.96. The zero-order valence-electron chi connectivity index (χ0n) is 19.7. The predicted molar refractivity (Wildman–Crippen MR) is 132 cm³/mol. The average molecular weight is 469 g/mol. The highest BCUT2D eigenvalue weighted by Crippen LogP contribution is 2.39. The molecule has 0 unspecified atom stereocenters. The molecule has 0 aliphatic heterocycles. The molecule has 0 spiro atoms. The number of methoxy groups -OCH3 is 2. The molecule has 0 fully saturated rings. The number of carboxylic acid groups (broad SMARTS) is 1. The fourth-order valence-electron chi connectivity index (χ4n) is 3.85. The van der Waals surface area contributed by atoms with Crippen molar-refractivity contribution in [1.29, 1.82) is 5.26 Å². The van der Waals surface area contributed by atoms with Gasteiger partial charge in [-0.2, -0.15) is 5.26 Å². The van der Waals surface area contributed by atoms with Gasteiger partial charge < -0.3 is 19.3 Å². The van der Waals surface area contributed by atoms with Gasteiger partial charge in [0.2, 0.25) is 0 Å². The molecule has 0 saturated heterocycles. The predicted octanol–water partition coefficient (Wildman–Crippen LogP) is 6.35. The Labute approximate surface area is 202 Å². The van der Waals surface area contributed by atoms with Crippen LogP contribution in [-0.2, 0) is 0 Å². The summed E-state index contributed by atoms with van der Waals surface area (Å²) in [6.07, 6.45) is 0.492. The van der Waals surface area contributed by atoms with Crippen LogP contribution in [0.5, 0.6) is 23.0 Å². The molecule has 1 aromatic heterocycles. The number of nitrogens with zero attached hydrogens (tertiary/aromatic N) is 3. The third-order valence-electron chi connectivity index (χ3n) is 5.59. The van der Waals surface area contributed by atoms with E-state index in [0.717, 1.165) is 15.8 Å². The number of hydrogen-bond acceptors (Lipinski definition) is 6. The van der Waals surface area contributed by atoms with E-state index in [2.05, 4.69) is 4.98 Å².